The summed E-state index contributed by atoms with van der Waals surface area (Å²) in [5, 5.41) is 19.3. The fraction of sp³-hybridized carbons (Fsp3) is 0.360. The molecule has 34 heavy (non-hydrogen) atoms. The molecule has 0 saturated heterocycles. The summed E-state index contributed by atoms with van der Waals surface area (Å²) < 4.78 is 27.1. The van der Waals surface area contributed by atoms with Crippen LogP contribution in [-0.4, -0.2) is 49.7 Å². The Kier molecular flexibility index (Phi) is 6.31. The summed E-state index contributed by atoms with van der Waals surface area (Å²) in [7, 11) is 0. The van der Waals surface area contributed by atoms with Crippen LogP contribution in [0.1, 0.15) is 35.3 Å². The van der Waals surface area contributed by atoms with Crippen LogP contribution >= 0.6 is 0 Å². The molecule has 1 aliphatic rings. The Morgan fingerprint density at radius 2 is 1.74 bits per heavy atom. The van der Waals surface area contributed by atoms with E-state index in [4.69, 9.17) is 0 Å². The normalized spacial score (nSPS) is 13.7. The van der Waals surface area contributed by atoms with Crippen LogP contribution in [0.25, 0.3) is 11.1 Å². The van der Waals surface area contributed by atoms with E-state index in [9.17, 15) is 28.6 Å². The van der Waals surface area contributed by atoms with Crippen LogP contribution in [0.5, 0.6) is 5.88 Å². The molecule has 1 aliphatic heterocycles. The van der Waals surface area contributed by atoms with E-state index in [1.165, 1.54) is 4.57 Å². The molecule has 9 heteroatoms. The number of hydrogen-bond acceptors (Lipinski definition) is 4. The number of amides is 1. The predicted octanol–water partition coefficient (Wildman–Crippen LogP) is 3.31. The van der Waals surface area contributed by atoms with Gasteiger partial charge in [0.15, 0.2) is 0 Å². The first-order valence-corrected chi connectivity index (χ1v) is 11.0. The second kappa shape index (κ2) is 9.06. The van der Waals surface area contributed by atoms with Crippen molar-refractivity contribution in [3.8, 4) is 17.0 Å². The average Bonchev–Trinajstić information content (AvgIpc) is 3.23. The Balaban J connectivity index is 1.50. The first kappa shape index (κ1) is 23.7. The second-order valence-corrected chi connectivity index (χ2v) is 9.45. The molecule has 0 spiro atoms. The Morgan fingerprint density at radius 1 is 1.06 bits per heavy atom. The molecule has 4 rings (SSSR count). The molecule has 2 aromatic carbocycles. The lowest BCUT2D eigenvalue weighted by molar-refractivity contribution is 0.0625. The molecular formula is C25H27F2N3O4. The highest BCUT2D eigenvalue weighted by atomic mass is 19.3. The number of nitrogens with zero attached hydrogens (tertiary/aromatic N) is 3. The third-order valence-electron chi connectivity index (χ3n) is 6.02. The van der Waals surface area contributed by atoms with Gasteiger partial charge in [0.2, 0.25) is 5.88 Å². The summed E-state index contributed by atoms with van der Waals surface area (Å²) >= 11 is 0. The Labute approximate surface area is 195 Å². The number of rotatable bonds is 8. The first-order valence-electron chi connectivity index (χ1n) is 11.0. The minimum Gasteiger partial charge on any atom is -0.493 e. The number of imidazole rings is 1. The molecule has 0 atom stereocenters. The minimum absolute atomic E-state index is 0.00654. The van der Waals surface area contributed by atoms with E-state index < -0.39 is 24.5 Å². The van der Waals surface area contributed by atoms with Gasteiger partial charge in [0.05, 0.1) is 19.3 Å². The van der Waals surface area contributed by atoms with Crippen molar-refractivity contribution in [2.45, 2.75) is 39.9 Å². The SMILES string of the molecule is CC(C)(CO)CN1Cc2cc(-c3ccc(Cn4cc(O)n(CC(F)F)c4=O)cc3)ccc2C1=O. The van der Waals surface area contributed by atoms with Gasteiger partial charge in [-0.05, 0) is 34.4 Å². The average molecular weight is 472 g/mol. The Hall–Kier alpha value is -3.46. The van der Waals surface area contributed by atoms with Crippen LogP contribution in [0.15, 0.2) is 53.5 Å². The standard InChI is InChI=1S/C25H27F2N3O4/c1-25(2,15-31)14-29-11-19-9-18(7-8-20(19)23(29)33)17-5-3-16(4-6-17)10-28-13-22(32)30(24(28)34)12-21(26)27/h3-9,13,21,31-32H,10-12,14-15H2,1-2H3. The molecule has 0 bridgehead atoms. The third-order valence-corrected chi connectivity index (χ3v) is 6.02. The van der Waals surface area contributed by atoms with Gasteiger partial charge in [-0.15, -0.1) is 0 Å². The topological polar surface area (TPSA) is 87.7 Å². The number of aliphatic hydroxyl groups is 1. The van der Waals surface area contributed by atoms with Gasteiger partial charge >= 0.3 is 5.69 Å². The van der Waals surface area contributed by atoms with Crippen molar-refractivity contribution in [1.82, 2.24) is 14.0 Å². The molecule has 0 aliphatic carbocycles. The molecule has 1 aromatic heterocycles. The van der Waals surface area contributed by atoms with E-state index in [-0.39, 0.29) is 24.5 Å². The molecule has 7 nitrogen and oxygen atoms in total. The summed E-state index contributed by atoms with van der Waals surface area (Å²) in [5.41, 5.74) is 3.17. The Bertz CT molecular complexity index is 1260. The fourth-order valence-corrected chi connectivity index (χ4v) is 4.19. The van der Waals surface area contributed by atoms with Gasteiger partial charge in [0, 0.05) is 30.7 Å². The molecule has 180 valence electrons. The molecule has 2 heterocycles. The number of alkyl halides is 2. The van der Waals surface area contributed by atoms with Crippen molar-refractivity contribution in [3.05, 3.63) is 75.8 Å². The lowest BCUT2D eigenvalue weighted by Crippen LogP contribution is -2.36. The second-order valence-electron chi connectivity index (χ2n) is 9.45. The highest BCUT2D eigenvalue weighted by molar-refractivity contribution is 5.99. The number of carbonyl (C=O) groups excluding carboxylic acids is 1. The number of carbonyl (C=O) groups is 1. The zero-order chi connectivity index (χ0) is 24.6. The van der Waals surface area contributed by atoms with Crippen LogP contribution in [0.3, 0.4) is 0 Å². The number of benzene rings is 2. The van der Waals surface area contributed by atoms with Crippen LogP contribution in [0.4, 0.5) is 8.78 Å². The summed E-state index contributed by atoms with van der Waals surface area (Å²) in [6.45, 7) is 4.07. The van der Waals surface area contributed by atoms with Crippen molar-refractivity contribution in [2.75, 3.05) is 13.2 Å². The quantitative estimate of drug-likeness (QED) is 0.528. The Morgan fingerprint density at radius 3 is 2.38 bits per heavy atom. The minimum atomic E-state index is -2.74. The summed E-state index contributed by atoms with van der Waals surface area (Å²) in [4.78, 5) is 26.7. The third kappa shape index (κ3) is 4.75. The number of halogens is 2. The predicted molar refractivity (Wildman–Crippen MR) is 123 cm³/mol. The number of aliphatic hydroxyl groups excluding tert-OH is 1. The van der Waals surface area contributed by atoms with E-state index in [2.05, 4.69) is 0 Å². The lowest BCUT2D eigenvalue weighted by Gasteiger charge is -2.28. The largest absolute Gasteiger partial charge is 0.493 e. The summed E-state index contributed by atoms with van der Waals surface area (Å²) in [6, 6.07) is 13.1. The van der Waals surface area contributed by atoms with Crippen molar-refractivity contribution in [1.29, 1.82) is 0 Å². The number of fused-ring (bicyclic) bond motifs is 1. The van der Waals surface area contributed by atoms with Gasteiger partial charge in [-0.25, -0.2) is 13.6 Å². The maximum atomic E-state index is 12.7. The van der Waals surface area contributed by atoms with Gasteiger partial charge in [-0.2, -0.15) is 0 Å². The highest BCUT2D eigenvalue weighted by Gasteiger charge is 2.31. The van der Waals surface area contributed by atoms with Crippen molar-refractivity contribution < 1.29 is 23.8 Å². The number of aromatic nitrogens is 2. The van der Waals surface area contributed by atoms with E-state index in [1.54, 1.807) is 4.90 Å². The fourth-order valence-electron chi connectivity index (χ4n) is 4.19. The van der Waals surface area contributed by atoms with E-state index in [1.807, 2.05) is 56.3 Å². The van der Waals surface area contributed by atoms with E-state index in [0.29, 0.717) is 23.2 Å². The smallest absolute Gasteiger partial charge is 0.331 e. The van der Waals surface area contributed by atoms with Crippen LogP contribution in [0.2, 0.25) is 0 Å². The molecule has 0 radical (unpaired) electrons. The van der Waals surface area contributed by atoms with Crippen molar-refractivity contribution in [3.63, 3.8) is 0 Å². The zero-order valence-electron chi connectivity index (χ0n) is 19.0. The van der Waals surface area contributed by atoms with Crippen molar-refractivity contribution in [2.24, 2.45) is 5.41 Å². The van der Waals surface area contributed by atoms with Crippen LogP contribution < -0.4 is 5.69 Å². The molecule has 0 unspecified atom stereocenters. The zero-order valence-corrected chi connectivity index (χ0v) is 19.0. The van der Waals surface area contributed by atoms with Gasteiger partial charge in [-0.3, -0.25) is 13.9 Å². The molecular weight excluding hydrogens is 444 g/mol. The van der Waals surface area contributed by atoms with Gasteiger partial charge < -0.3 is 15.1 Å². The number of hydrogen-bond donors (Lipinski definition) is 2. The van der Waals surface area contributed by atoms with Crippen LogP contribution in [0, 0.1) is 5.41 Å². The summed E-state index contributed by atoms with van der Waals surface area (Å²) in [5.74, 6) is -0.531. The van der Waals surface area contributed by atoms with Crippen LogP contribution in [-0.2, 0) is 19.6 Å². The maximum Gasteiger partial charge on any atom is 0.331 e. The van der Waals surface area contributed by atoms with E-state index >= 15 is 0 Å². The molecule has 3 aromatic rings. The van der Waals surface area contributed by atoms with Gasteiger partial charge in [0.25, 0.3) is 12.3 Å². The highest BCUT2D eigenvalue weighted by Crippen LogP contribution is 2.31. The molecule has 2 N–H and O–H groups in total. The molecule has 1 amide bonds. The van der Waals surface area contributed by atoms with E-state index in [0.717, 1.165) is 28.5 Å². The number of aromatic hydroxyl groups is 1. The lowest BCUT2D eigenvalue weighted by atomic mass is 9.94. The monoisotopic (exact) mass is 471 g/mol. The summed E-state index contributed by atoms with van der Waals surface area (Å²) in [6.07, 6.45) is -1.59. The molecule has 0 fully saturated rings. The van der Waals surface area contributed by atoms with Gasteiger partial charge in [0.1, 0.15) is 0 Å². The van der Waals surface area contributed by atoms with Gasteiger partial charge in [-0.1, -0.05) is 44.2 Å². The maximum absolute atomic E-state index is 12.7. The van der Waals surface area contributed by atoms with Crippen molar-refractivity contribution >= 4 is 5.91 Å². The molecule has 0 saturated carbocycles. The first-order chi connectivity index (χ1) is 16.1.